The summed E-state index contributed by atoms with van der Waals surface area (Å²) in [7, 11) is 1.17. The van der Waals surface area contributed by atoms with Crippen LogP contribution in [-0.2, 0) is 14.3 Å². The van der Waals surface area contributed by atoms with E-state index in [1.165, 1.54) is 18.9 Å². The Morgan fingerprint density at radius 3 is 2.63 bits per heavy atom. The number of ether oxygens (including phenoxy) is 1. The number of amides is 2. The third-order valence-electron chi connectivity index (χ3n) is 3.14. The normalized spacial score (nSPS) is 21.2. The molecule has 0 aliphatic carbocycles. The van der Waals surface area contributed by atoms with E-state index in [9.17, 15) is 19.5 Å². The van der Waals surface area contributed by atoms with E-state index in [-0.39, 0.29) is 32.0 Å². The van der Waals surface area contributed by atoms with E-state index >= 15 is 0 Å². The Bertz CT molecular complexity index is 372. The van der Waals surface area contributed by atoms with Crippen LogP contribution in [0.2, 0.25) is 0 Å². The maximum atomic E-state index is 11.9. The number of hydrogen-bond donors (Lipinski definition) is 2. The maximum absolute atomic E-state index is 11.9. The molecule has 1 aliphatic rings. The van der Waals surface area contributed by atoms with Crippen LogP contribution in [0.15, 0.2) is 0 Å². The largest absolute Gasteiger partial charge is 0.467 e. The van der Waals surface area contributed by atoms with Crippen LogP contribution in [0.1, 0.15) is 13.3 Å². The highest BCUT2D eigenvalue weighted by Crippen LogP contribution is 2.12. The second kappa shape index (κ2) is 6.37. The zero-order valence-electron chi connectivity index (χ0n) is 10.9. The van der Waals surface area contributed by atoms with E-state index in [1.807, 2.05) is 0 Å². The van der Waals surface area contributed by atoms with Crippen molar-refractivity contribution in [3.05, 3.63) is 0 Å². The van der Waals surface area contributed by atoms with Crippen molar-refractivity contribution in [3.63, 3.8) is 0 Å². The first-order valence-corrected chi connectivity index (χ1v) is 5.92. The molecule has 108 valence electrons. The Kier molecular flexibility index (Phi) is 5.11. The van der Waals surface area contributed by atoms with Crippen LogP contribution in [0, 0.1) is 0 Å². The fraction of sp³-hybridized carbons (Fsp3) is 0.727. The summed E-state index contributed by atoms with van der Waals surface area (Å²) in [4.78, 5) is 36.3. The quantitative estimate of drug-likeness (QED) is 0.645. The molecule has 0 unspecified atom stereocenters. The lowest BCUT2D eigenvalue weighted by Crippen LogP contribution is -2.57. The van der Waals surface area contributed by atoms with Crippen LogP contribution >= 0.6 is 0 Å². The van der Waals surface area contributed by atoms with Gasteiger partial charge in [0.1, 0.15) is 6.04 Å². The second-order valence-corrected chi connectivity index (χ2v) is 4.30. The molecule has 1 rings (SSSR count). The van der Waals surface area contributed by atoms with Gasteiger partial charge in [0.25, 0.3) is 0 Å². The molecule has 0 saturated carbocycles. The maximum Gasteiger partial charge on any atom is 0.408 e. The lowest BCUT2D eigenvalue weighted by atomic mass is 10.1. The van der Waals surface area contributed by atoms with Gasteiger partial charge in [0.15, 0.2) is 6.10 Å². The summed E-state index contributed by atoms with van der Waals surface area (Å²) in [6, 6.07) is -0.749. The molecule has 2 atom stereocenters. The van der Waals surface area contributed by atoms with Gasteiger partial charge in [0.05, 0.1) is 7.11 Å². The Morgan fingerprint density at radius 2 is 2.11 bits per heavy atom. The van der Waals surface area contributed by atoms with Gasteiger partial charge in [-0.2, -0.15) is 0 Å². The summed E-state index contributed by atoms with van der Waals surface area (Å²) < 4.78 is 4.37. The molecule has 2 amide bonds. The van der Waals surface area contributed by atoms with E-state index in [0.717, 1.165) is 4.90 Å². The Balaban J connectivity index is 2.51. The number of hydrogen-bond acceptors (Lipinski definition) is 5. The lowest BCUT2D eigenvalue weighted by molar-refractivity contribution is -0.152. The number of carbonyl (C=O) groups is 3. The Morgan fingerprint density at radius 1 is 1.47 bits per heavy atom. The van der Waals surface area contributed by atoms with Gasteiger partial charge in [-0.15, -0.1) is 0 Å². The first-order chi connectivity index (χ1) is 8.88. The van der Waals surface area contributed by atoms with E-state index < -0.39 is 24.2 Å². The molecule has 1 fully saturated rings. The van der Waals surface area contributed by atoms with Crippen molar-refractivity contribution in [1.82, 2.24) is 9.80 Å². The van der Waals surface area contributed by atoms with Gasteiger partial charge < -0.3 is 19.8 Å². The summed E-state index contributed by atoms with van der Waals surface area (Å²) in [6.45, 7) is 2.17. The third-order valence-corrected chi connectivity index (χ3v) is 3.14. The molecule has 0 aromatic heterocycles. The van der Waals surface area contributed by atoms with Gasteiger partial charge in [-0.05, 0) is 6.92 Å². The van der Waals surface area contributed by atoms with Gasteiger partial charge in [-0.3, -0.25) is 9.69 Å². The highest BCUT2D eigenvalue weighted by molar-refractivity contribution is 5.86. The van der Waals surface area contributed by atoms with Gasteiger partial charge in [-0.1, -0.05) is 0 Å². The number of piperazine rings is 1. The molecule has 0 spiro atoms. The van der Waals surface area contributed by atoms with Gasteiger partial charge in [0.2, 0.25) is 5.91 Å². The van der Waals surface area contributed by atoms with Crippen molar-refractivity contribution in [2.75, 3.05) is 26.7 Å². The number of esters is 1. The molecule has 1 aliphatic heterocycles. The third kappa shape index (κ3) is 3.57. The summed E-state index contributed by atoms with van der Waals surface area (Å²) in [5.41, 5.74) is 0. The van der Waals surface area contributed by atoms with Gasteiger partial charge >= 0.3 is 12.1 Å². The topological polar surface area (TPSA) is 107 Å². The minimum atomic E-state index is -1.27. The number of methoxy groups -OCH3 is 1. The smallest absolute Gasteiger partial charge is 0.408 e. The van der Waals surface area contributed by atoms with Crippen molar-refractivity contribution < 1.29 is 29.3 Å². The van der Waals surface area contributed by atoms with Crippen molar-refractivity contribution >= 4 is 18.0 Å². The predicted molar refractivity (Wildman–Crippen MR) is 63.4 cm³/mol. The SMILES string of the molecule is COC(=O)[C@@H](O)CCN1CCN(C(=O)O)[C@@H](C)C1=O. The number of aliphatic hydroxyl groups is 1. The summed E-state index contributed by atoms with van der Waals surface area (Å²) in [6.07, 6.45) is -2.33. The zero-order chi connectivity index (χ0) is 14.6. The molecule has 0 bridgehead atoms. The average Bonchev–Trinajstić information content (AvgIpc) is 2.38. The molecule has 1 heterocycles. The van der Waals surface area contributed by atoms with Crippen molar-refractivity contribution in [1.29, 1.82) is 0 Å². The number of rotatable bonds is 4. The van der Waals surface area contributed by atoms with Crippen LogP contribution in [-0.4, -0.2) is 76.9 Å². The van der Waals surface area contributed by atoms with Crippen LogP contribution in [0.5, 0.6) is 0 Å². The Hall–Kier alpha value is -1.83. The van der Waals surface area contributed by atoms with Crippen LogP contribution in [0.25, 0.3) is 0 Å². The molecule has 8 heteroatoms. The van der Waals surface area contributed by atoms with Crippen molar-refractivity contribution in [3.8, 4) is 0 Å². The van der Waals surface area contributed by atoms with Gasteiger partial charge in [-0.25, -0.2) is 9.59 Å². The summed E-state index contributed by atoms with van der Waals surface area (Å²) in [5.74, 6) is -1.07. The monoisotopic (exact) mass is 274 g/mol. The number of carbonyl (C=O) groups excluding carboxylic acids is 2. The molecule has 1 saturated heterocycles. The molecule has 0 aromatic rings. The molecule has 0 radical (unpaired) electrons. The number of nitrogens with zero attached hydrogens (tertiary/aromatic N) is 2. The highest BCUT2D eigenvalue weighted by Gasteiger charge is 2.34. The molecular formula is C11H18N2O6. The number of aliphatic hydroxyl groups excluding tert-OH is 1. The summed E-state index contributed by atoms with van der Waals surface area (Å²) in [5, 5.41) is 18.3. The highest BCUT2D eigenvalue weighted by atomic mass is 16.5. The van der Waals surface area contributed by atoms with E-state index in [4.69, 9.17) is 5.11 Å². The van der Waals surface area contributed by atoms with Crippen LogP contribution in [0.4, 0.5) is 4.79 Å². The zero-order valence-corrected chi connectivity index (χ0v) is 10.9. The molecular weight excluding hydrogens is 256 g/mol. The molecule has 8 nitrogen and oxygen atoms in total. The van der Waals surface area contributed by atoms with E-state index in [1.54, 1.807) is 0 Å². The fourth-order valence-corrected chi connectivity index (χ4v) is 1.95. The predicted octanol–water partition coefficient (Wildman–Crippen LogP) is -0.879. The number of carboxylic acid groups (broad SMARTS) is 1. The lowest BCUT2D eigenvalue weighted by Gasteiger charge is -2.37. The Labute approximate surface area is 110 Å². The first kappa shape index (κ1) is 15.2. The van der Waals surface area contributed by atoms with Crippen molar-refractivity contribution in [2.24, 2.45) is 0 Å². The molecule has 2 N–H and O–H groups in total. The minimum Gasteiger partial charge on any atom is -0.467 e. The fourth-order valence-electron chi connectivity index (χ4n) is 1.95. The standard InChI is InChI=1S/C11H18N2O6/c1-7-9(15)12(5-6-13(7)11(17)18)4-3-8(14)10(16)19-2/h7-8,14H,3-6H2,1-2H3,(H,17,18)/t7-,8-/m0/s1. The van der Waals surface area contributed by atoms with Crippen molar-refractivity contribution in [2.45, 2.75) is 25.5 Å². The molecule has 0 aromatic carbocycles. The van der Waals surface area contributed by atoms with Gasteiger partial charge in [0, 0.05) is 26.1 Å². The molecule has 19 heavy (non-hydrogen) atoms. The van der Waals surface area contributed by atoms with Crippen LogP contribution in [0.3, 0.4) is 0 Å². The first-order valence-electron chi connectivity index (χ1n) is 5.92. The second-order valence-electron chi connectivity index (χ2n) is 4.30. The van der Waals surface area contributed by atoms with Crippen LogP contribution < -0.4 is 0 Å². The minimum absolute atomic E-state index is 0.0677. The summed E-state index contributed by atoms with van der Waals surface area (Å²) >= 11 is 0. The average molecular weight is 274 g/mol. The van der Waals surface area contributed by atoms with E-state index in [2.05, 4.69) is 4.74 Å². The van der Waals surface area contributed by atoms with E-state index in [0.29, 0.717) is 0 Å².